The van der Waals surface area contributed by atoms with E-state index in [1.807, 2.05) is 31.3 Å². The Morgan fingerprint density at radius 2 is 2.07 bits per heavy atom. The lowest BCUT2D eigenvalue weighted by Gasteiger charge is -2.30. The van der Waals surface area contributed by atoms with Gasteiger partial charge in [0.2, 0.25) is 0 Å². The van der Waals surface area contributed by atoms with E-state index in [0.717, 1.165) is 60.8 Å². The first-order valence-corrected chi connectivity index (χ1v) is 12.0. The standard InChI is InChI=1S/C23H32N4OS.HI/c1-3-24-23(27-20-11-8-12-21(16-20)29(28)4-2)26-17-18-9-7-10-19(15-18)22-13-5-6-14-25-22;/h5-7,9-10,13-15,20-21H,3-4,8,11-12,16-17H2,1-2H3,(H2,24,26,27);1H. The number of rotatable bonds is 7. The van der Waals surface area contributed by atoms with Gasteiger partial charge in [0.05, 0.1) is 12.2 Å². The molecule has 7 heteroatoms. The average molecular weight is 541 g/mol. The third kappa shape index (κ3) is 7.34. The molecule has 0 saturated heterocycles. The molecule has 1 fully saturated rings. The topological polar surface area (TPSA) is 66.4 Å². The molecular weight excluding hydrogens is 507 g/mol. The van der Waals surface area contributed by atoms with Crippen molar-refractivity contribution in [1.29, 1.82) is 0 Å². The Hall–Kier alpha value is -1.48. The normalized spacial score (nSPS) is 20.1. The number of pyridine rings is 1. The predicted octanol–water partition coefficient (Wildman–Crippen LogP) is 4.50. The van der Waals surface area contributed by atoms with Gasteiger partial charge in [0.1, 0.15) is 0 Å². The van der Waals surface area contributed by atoms with Crippen molar-refractivity contribution in [3.05, 3.63) is 54.2 Å². The summed E-state index contributed by atoms with van der Waals surface area (Å²) in [6.07, 6.45) is 6.08. The van der Waals surface area contributed by atoms with Gasteiger partial charge in [-0.1, -0.05) is 37.6 Å². The Labute approximate surface area is 200 Å². The smallest absolute Gasteiger partial charge is 0.191 e. The van der Waals surface area contributed by atoms with Gasteiger partial charge in [0, 0.05) is 46.1 Å². The summed E-state index contributed by atoms with van der Waals surface area (Å²) >= 11 is 0. The van der Waals surface area contributed by atoms with Crippen molar-refractivity contribution < 1.29 is 4.21 Å². The third-order valence-corrected chi connectivity index (χ3v) is 7.02. The molecule has 1 aliphatic rings. The van der Waals surface area contributed by atoms with Crippen LogP contribution in [0.5, 0.6) is 0 Å². The van der Waals surface area contributed by atoms with Gasteiger partial charge in [-0.3, -0.25) is 9.19 Å². The fourth-order valence-corrected chi connectivity index (χ4v) is 5.14. The SMILES string of the molecule is CCNC(=NCc1cccc(-c2ccccn2)c1)NC1CCCC(S(=O)CC)C1.I. The highest BCUT2D eigenvalue weighted by Gasteiger charge is 2.26. The van der Waals surface area contributed by atoms with E-state index in [0.29, 0.717) is 17.8 Å². The maximum absolute atomic E-state index is 12.2. The maximum Gasteiger partial charge on any atom is 0.191 e. The lowest BCUT2D eigenvalue weighted by molar-refractivity contribution is 0.413. The maximum atomic E-state index is 12.2. The minimum atomic E-state index is -0.713. The molecule has 3 rings (SSSR count). The Bertz CT molecular complexity index is 831. The fraction of sp³-hybridized carbons (Fsp3) is 0.478. The molecule has 1 aromatic heterocycles. The van der Waals surface area contributed by atoms with Crippen LogP contribution in [-0.4, -0.2) is 38.7 Å². The number of hydrogen-bond donors (Lipinski definition) is 2. The highest BCUT2D eigenvalue weighted by molar-refractivity contribution is 14.0. The summed E-state index contributed by atoms with van der Waals surface area (Å²) in [4.78, 5) is 9.24. The molecule has 0 aliphatic heterocycles. The van der Waals surface area contributed by atoms with Crippen LogP contribution < -0.4 is 10.6 Å². The lowest BCUT2D eigenvalue weighted by Crippen LogP contribution is -2.46. The van der Waals surface area contributed by atoms with Gasteiger partial charge in [-0.05, 0) is 49.9 Å². The molecule has 1 aliphatic carbocycles. The quantitative estimate of drug-likeness (QED) is 0.309. The van der Waals surface area contributed by atoms with Crippen LogP contribution in [-0.2, 0) is 17.3 Å². The Morgan fingerprint density at radius 1 is 1.20 bits per heavy atom. The predicted molar refractivity (Wildman–Crippen MR) is 138 cm³/mol. The zero-order chi connectivity index (χ0) is 20.5. The van der Waals surface area contributed by atoms with Crippen LogP contribution in [0.1, 0.15) is 45.1 Å². The Balaban J connectivity index is 0.00000320. The summed E-state index contributed by atoms with van der Waals surface area (Å²) in [6, 6.07) is 14.7. The summed E-state index contributed by atoms with van der Waals surface area (Å²) in [5.41, 5.74) is 3.23. The van der Waals surface area contributed by atoms with Gasteiger partial charge in [0.15, 0.2) is 5.96 Å². The number of nitrogens with one attached hydrogen (secondary N) is 2. The van der Waals surface area contributed by atoms with E-state index in [1.54, 1.807) is 0 Å². The summed E-state index contributed by atoms with van der Waals surface area (Å²) in [7, 11) is -0.713. The van der Waals surface area contributed by atoms with Crippen molar-refractivity contribution in [1.82, 2.24) is 15.6 Å². The highest BCUT2D eigenvalue weighted by atomic mass is 127. The monoisotopic (exact) mass is 540 g/mol. The summed E-state index contributed by atoms with van der Waals surface area (Å²) in [6.45, 7) is 5.51. The van der Waals surface area contributed by atoms with Crippen LogP contribution in [0.3, 0.4) is 0 Å². The number of guanidine groups is 1. The molecule has 5 nitrogen and oxygen atoms in total. The van der Waals surface area contributed by atoms with Crippen molar-refractivity contribution in [2.24, 2.45) is 4.99 Å². The van der Waals surface area contributed by atoms with Crippen molar-refractivity contribution in [2.75, 3.05) is 12.3 Å². The molecule has 3 unspecified atom stereocenters. The second-order valence-electron chi connectivity index (χ2n) is 7.41. The number of aromatic nitrogens is 1. The van der Waals surface area contributed by atoms with Crippen LogP contribution in [0.4, 0.5) is 0 Å². The molecular formula is C23H33IN4OS. The van der Waals surface area contributed by atoms with Crippen LogP contribution >= 0.6 is 24.0 Å². The summed E-state index contributed by atoms with van der Waals surface area (Å²) < 4.78 is 12.2. The van der Waals surface area contributed by atoms with Gasteiger partial charge in [-0.15, -0.1) is 24.0 Å². The number of hydrogen-bond acceptors (Lipinski definition) is 3. The second-order valence-corrected chi connectivity index (χ2v) is 9.42. The molecule has 2 aromatic rings. The first-order valence-electron chi connectivity index (χ1n) is 10.6. The highest BCUT2D eigenvalue weighted by Crippen LogP contribution is 2.23. The minimum absolute atomic E-state index is 0. The Kier molecular flexibility index (Phi) is 10.8. The lowest BCUT2D eigenvalue weighted by atomic mass is 9.95. The molecule has 2 N–H and O–H groups in total. The third-order valence-electron chi connectivity index (χ3n) is 5.27. The second kappa shape index (κ2) is 13.0. The zero-order valence-electron chi connectivity index (χ0n) is 17.8. The van der Waals surface area contributed by atoms with E-state index in [1.165, 1.54) is 0 Å². The molecule has 1 saturated carbocycles. The molecule has 3 atom stereocenters. The van der Waals surface area contributed by atoms with Crippen LogP contribution in [0.2, 0.25) is 0 Å². The Morgan fingerprint density at radius 3 is 2.80 bits per heavy atom. The first-order chi connectivity index (χ1) is 14.2. The number of halogens is 1. The molecule has 1 heterocycles. The van der Waals surface area contributed by atoms with Crippen molar-refractivity contribution in [2.45, 2.75) is 57.4 Å². The summed E-state index contributed by atoms with van der Waals surface area (Å²) in [5.74, 6) is 1.58. The van der Waals surface area contributed by atoms with Gasteiger partial charge in [-0.25, -0.2) is 4.99 Å². The van der Waals surface area contributed by atoms with Gasteiger partial charge in [-0.2, -0.15) is 0 Å². The van der Waals surface area contributed by atoms with Gasteiger partial charge < -0.3 is 10.6 Å². The summed E-state index contributed by atoms with van der Waals surface area (Å²) in [5, 5.41) is 7.24. The number of benzene rings is 1. The van der Waals surface area contributed by atoms with Gasteiger partial charge in [0.25, 0.3) is 0 Å². The van der Waals surface area contributed by atoms with E-state index in [9.17, 15) is 4.21 Å². The number of aliphatic imine (C=N–C) groups is 1. The first kappa shape index (κ1) is 24.8. The van der Waals surface area contributed by atoms with Crippen molar-refractivity contribution >= 4 is 40.7 Å². The van der Waals surface area contributed by atoms with E-state index in [-0.39, 0.29) is 24.0 Å². The molecule has 164 valence electrons. The van der Waals surface area contributed by atoms with Gasteiger partial charge >= 0.3 is 0 Å². The number of nitrogens with zero attached hydrogens (tertiary/aromatic N) is 2. The largest absolute Gasteiger partial charge is 0.357 e. The van der Waals surface area contributed by atoms with E-state index in [4.69, 9.17) is 4.99 Å². The van der Waals surface area contributed by atoms with E-state index in [2.05, 4.69) is 46.8 Å². The van der Waals surface area contributed by atoms with Crippen molar-refractivity contribution in [3.63, 3.8) is 0 Å². The van der Waals surface area contributed by atoms with Crippen LogP contribution in [0.25, 0.3) is 11.3 Å². The van der Waals surface area contributed by atoms with Crippen LogP contribution in [0.15, 0.2) is 53.7 Å². The minimum Gasteiger partial charge on any atom is -0.357 e. The zero-order valence-corrected chi connectivity index (χ0v) is 21.0. The van der Waals surface area contributed by atoms with E-state index < -0.39 is 10.8 Å². The van der Waals surface area contributed by atoms with E-state index >= 15 is 0 Å². The molecule has 0 bridgehead atoms. The average Bonchev–Trinajstić information content (AvgIpc) is 2.78. The fourth-order valence-electron chi connectivity index (χ4n) is 3.80. The molecule has 0 radical (unpaired) electrons. The molecule has 30 heavy (non-hydrogen) atoms. The van der Waals surface area contributed by atoms with Crippen molar-refractivity contribution in [3.8, 4) is 11.3 Å². The molecule has 0 spiro atoms. The molecule has 1 aromatic carbocycles. The van der Waals surface area contributed by atoms with Crippen LogP contribution in [0, 0.1) is 0 Å². The molecule has 0 amide bonds.